The lowest BCUT2D eigenvalue weighted by molar-refractivity contribution is -0.122. The van der Waals surface area contributed by atoms with E-state index >= 15 is 0 Å². The predicted molar refractivity (Wildman–Crippen MR) is 53.6 cm³/mol. The van der Waals surface area contributed by atoms with Crippen molar-refractivity contribution in [2.45, 2.75) is 19.5 Å². The van der Waals surface area contributed by atoms with Crippen molar-refractivity contribution in [1.29, 1.82) is 0 Å². The summed E-state index contributed by atoms with van der Waals surface area (Å²) < 4.78 is 1.74. The molecule has 0 spiro atoms. The van der Waals surface area contributed by atoms with Gasteiger partial charge in [-0.25, -0.2) is 0 Å². The normalized spacial score (nSPS) is 12.5. The number of amides is 1. The molecule has 78 valence electrons. The van der Waals surface area contributed by atoms with Crippen molar-refractivity contribution in [3.63, 3.8) is 0 Å². The number of hydrogen-bond donors (Lipinski definition) is 2. The Bertz CT molecular complexity index is 308. The second-order valence-electron chi connectivity index (χ2n) is 3.20. The van der Waals surface area contributed by atoms with Gasteiger partial charge < -0.3 is 10.6 Å². The van der Waals surface area contributed by atoms with Crippen LogP contribution in [0.15, 0.2) is 12.3 Å². The molecule has 1 unspecified atom stereocenters. The topological polar surface area (TPSA) is 59.0 Å². The third-order valence-corrected chi connectivity index (χ3v) is 2.00. The molecule has 0 saturated carbocycles. The van der Waals surface area contributed by atoms with Crippen molar-refractivity contribution in [3.05, 3.63) is 18.0 Å². The van der Waals surface area contributed by atoms with Crippen LogP contribution in [-0.4, -0.2) is 28.8 Å². The summed E-state index contributed by atoms with van der Waals surface area (Å²) in [5.74, 6) is -0.0130. The summed E-state index contributed by atoms with van der Waals surface area (Å²) in [6.07, 6.45) is 1.88. The van der Waals surface area contributed by atoms with Crippen LogP contribution in [-0.2, 0) is 18.4 Å². The zero-order chi connectivity index (χ0) is 10.6. The minimum Gasteiger partial charge on any atom is -0.358 e. The van der Waals surface area contributed by atoms with Crippen LogP contribution in [0.3, 0.4) is 0 Å². The molecule has 1 aromatic heterocycles. The average Bonchev–Trinajstić information content (AvgIpc) is 2.59. The number of aryl methyl sites for hydroxylation is 1. The third kappa shape index (κ3) is 2.85. The molecule has 2 N–H and O–H groups in total. The molecule has 5 heteroatoms. The fraction of sp³-hybridized carbons (Fsp3) is 0.556. The Balaban J connectivity index is 2.37. The molecule has 1 atom stereocenters. The molecule has 1 rings (SSSR count). The minimum absolute atomic E-state index is 0.0130. The summed E-state index contributed by atoms with van der Waals surface area (Å²) in [5.41, 5.74) is 0.934. The van der Waals surface area contributed by atoms with Gasteiger partial charge in [0.15, 0.2) is 0 Å². The number of likely N-dealkylation sites (N-methyl/N-ethyl adjacent to an activating group) is 1. The van der Waals surface area contributed by atoms with Crippen LogP contribution in [0, 0.1) is 0 Å². The number of hydrogen-bond acceptors (Lipinski definition) is 3. The van der Waals surface area contributed by atoms with Gasteiger partial charge in [-0.05, 0) is 13.0 Å². The second kappa shape index (κ2) is 4.76. The van der Waals surface area contributed by atoms with Crippen molar-refractivity contribution in [3.8, 4) is 0 Å². The number of nitrogens with one attached hydrogen (secondary N) is 2. The third-order valence-electron chi connectivity index (χ3n) is 2.00. The first-order chi connectivity index (χ1) is 6.63. The molecule has 1 aromatic rings. The largest absolute Gasteiger partial charge is 0.358 e. The van der Waals surface area contributed by atoms with E-state index in [1.54, 1.807) is 11.7 Å². The standard InChI is InChI=1S/C9H16N4O/c1-7(9(14)10-2)11-6-8-4-5-13(3)12-8/h4-5,7,11H,6H2,1-3H3,(H,10,14). The molecule has 0 saturated heterocycles. The highest BCUT2D eigenvalue weighted by molar-refractivity contribution is 5.80. The number of rotatable bonds is 4. The van der Waals surface area contributed by atoms with Crippen LogP contribution >= 0.6 is 0 Å². The van der Waals surface area contributed by atoms with E-state index in [2.05, 4.69) is 15.7 Å². The lowest BCUT2D eigenvalue weighted by Crippen LogP contribution is -2.40. The molecule has 0 fully saturated rings. The Kier molecular flexibility index (Phi) is 3.64. The smallest absolute Gasteiger partial charge is 0.236 e. The number of aromatic nitrogens is 2. The van der Waals surface area contributed by atoms with Crippen molar-refractivity contribution in [2.75, 3.05) is 7.05 Å². The first kappa shape index (κ1) is 10.7. The van der Waals surface area contributed by atoms with E-state index in [0.29, 0.717) is 6.54 Å². The van der Waals surface area contributed by atoms with Crippen LogP contribution in [0.1, 0.15) is 12.6 Å². The molecular weight excluding hydrogens is 180 g/mol. The van der Waals surface area contributed by atoms with Gasteiger partial charge in [-0.15, -0.1) is 0 Å². The Hall–Kier alpha value is -1.36. The number of carbonyl (C=O) groups is 1. The van der Waals surface area contributed by atoms with E-state index < -0.39 is 0 Å². The fourth-order valence-electron chi connectivity index (χ4n) is 1.12. The molecule has 0 bridgehead atoms. The van der Waals surface area contributed by atoms with Gasteiger partial charge in [0.25, 0.3) is 0 Å². The molecule has 14 heavy (non-hydrogen) atoms. The molecular formula is C9H16N4O. The van der Waals surface area contributed by atoms with E-state index in [1.165, 1.54) is 0 Å². The van der Waals surface area contributed by atoms with Gasteiger partial charge in [-0.2, -0.15) is 5.10 Å². The van der Waals surface area contributed by atoms with E-state index in [0.717, 1.165) is 5.69 Å². The maximum Gasteiger partial charge on any atom is 0.236 e. The van der Waals surface area contributed by atoms with Crippen LogP contribution in [0.4, 0.5) is 0 Å². The highest BCUT2D eigenvalue weighted by atomic mass is 16.2. The summed E-state index contributed by atoms with van der Waals surface area (Å²) >= 11 is 0. The van der Waals surface area contributed by atoms with Gasteiger partial charge >= 0.3 is 0 Å². The SMILES string of the molecule is CNC(=O)C(C)NCc1ccn(C)n1. The maximum absolute atomic E-state index is 11.1. The molecule has 0 aliphatic rings. The maximum atomic E-state index is 11.1. The first-order valence-corrected chi connectivity index (χ1v) is 4.57. The zero-order valence-corrected chi connectivity index (χ0v) is 8.74. The lowest BCUT2D eigenvalue weighted by atomic mass is 10.3. The van der Waals surface area contributed by atoms with Crippen molar-refractivity contribution in [2.24, 2.45) is 7.05 Å². The molecule has 1 amide bonds. The Labute approximate surface area is 83.5 Å². The molecule has 5 nitrogen and oxygen atoms in total. The van der Waals surface area contributed by atoms with Gasteiger partial charge in [0, 0.05) is 26.8 Å². The fourth-order valence-corrected chi connectivity index (χ4v) is 1.12. The van der Waals surface area contributed by atoms with Crippen LogP contribution < -0.4 is 10.6 Å². The number of nitrogens with zero attached hydrogens (tertiary/aromatic N) is 2. The van der Waals surface area contributed by atoms with E-state index in [9.17, 15) is 4.79 Å². The first-order valence-electron chi connectivity index (χ1n) is 4.57. The molecule has 1 heterocycles. The van der Waals surface area contributed by atoms with Gasteiger partial charge in [0.1, 0.15) is 0 Å². The lowest BCUT2D eigenvalue weighted by Gasteiger charge is -2.10. The summed E-state index contributed by atoms with van der Waals surface area (Å²) in [4.78, 5) is 11.1. The second-order valence-corrected chi connectivity index (χ2v) is 3.20. The molecule has 0 radical (unpaired) electrons. The van der Waals surface area contributed by atoms with Gasteiger partial charge in [0.2, 0.25) is 5.91 Å². The molecule has 0 aliphatic carbocycles. The average molecular weight is 196 g/mol. The Morgan fingerprint density at radius 3 is 2.93 bits per heavy atom. The Morgan fingerprint density at radius 2 is 2.43 bits per heavy atom. The summed E-state index contributed by atoms with van der Waals surface area (Å²) in [6.45, 7) is 2.43. The number of carbonyl (C=O) groups excluding carboxylic acids is 1. The monoisotopic (exact) mass is 196 g/mol. The minimum atomic E-state index is -0.193. The zero-order valence-electron chi connectivity index (χ0n) is 8.74. The van der Waals surface area contributed by atoms with Crippen molar-refractivity contribution >= 4 is 5.91 Å². The van der Waals surface area contributed by atoms with Crippen LogP contribution in [0.2, 0.25) is 0 Å². The summed E-state index contributed by atoms with van der Waals surface area (Å²) in [5, 5.41) is 9.84. The predicted octanol–water partition coefficient (Wildman–Crippen LogP) is -0.356. The van der Waals surface area contributed by atoms with E-state index in [-0.39, 0.29) is 11.9 Å². The van der Waals surface area contributed by atoms with Gasteiger partial charge in [-0.1, -0.05) is 0 Å². The van der Waals surface area contributed by atoms with Crippen LogP contribution in [0.5, 0.6) is 0 Å². The van der Waals surface area contributed by atoms with Crippen molar-refractivity contribution < 1.29 is 4.79 Å². The quantitative estimate of drug-likeness (QED) is 0.691. The molecule has 0 aliphatic heterocycles. The van der Waals surface area contributed by atoms with E-state index in [4.69, 9.17) is 0 Å². The van der Waals surface area contributed by atoms with Gasteiger partial charge in [0.05, 0.1) is 11.7 Å². The van der Waals surface area contributed by atoms with E-state index in [1.807, 2.05) is 26.2 Å². The summed E-state index contributed by atoms with van der Waals surface area (Å²) in [7, 11) is 3.49. The highest BCUT2D eigenvalue weighted by Gasteiger charge is 2.09. The van der Waals surface area contributed by atoms with Gasteiger partial charge in [-0.3, -0.25) is 9.48 Å². The molecule has 0 aromatic carbocycles. The highest BCUT2D eigenvalue weighted by Crippen LogP contribution is 1.94. The van der Waals surface area contributed by atoms with Crippen molar-refractivity contribution in [1.82, 2.24) is 20.4 Å². The summed E-state index contributed by atoms with van der Waals surface area (Å²) in [6, 6.07) is 1.73. The Morgan fingerprint density at radius 1 is 1.71 bits per heavy atom. The van der Waals surface area contributed by atoms with Crippen LogP contribution in [0.25, 0.3) is 0 Å².